The van der Waals surface area contributed by atoms with Gasteiger partial charge in [-0.2, -0.15) is 0 Å². The Labute approximate surface area is 106 Å². The highest BCUT2D eigenvalue weighted by Gasteiger charge is 2.14. The van der Waals surface area contributed by atoms with Crippen LogP contribution >= 0.6 is 0 Å². The van der Waals surface area contributed by atoms with Crippen LogP contribution in [0.5, 0.6) is 0 Å². The molecular weight excluding hydrogens is 228 g/mol. The summed E-state index contributed by atoms with van der Waals surface area (Å²) >= 11 is 0. The van der Waals surface area contributed by atoms with Gasteiger partial charge in [0.05, 0.1) is 6.20 Å². The third kappa shape index (κ3) is 2.77. The van der Waals surface area contributed by atoms with Gasteiger partial charge in [-0.3, -0.25) is 4.79 Å². The molecule has 1 aromatic heterocycles. The fourth-order valence-corrected chi connectivity index (χ4v) is 1.57. The van der Waals surface area contributed by atoms with Crippen LogP contribution < -0.4 is 5.32 Å². The highest BCUT2D eigenvalue weighted by atomic mass is 16.3. The van der Waals surface area contributed by atoms with Gasteiger partial charge >= 0.3 is 0 Å². The van der Waals surface area contributed by atoms with Crippen molar-refractivity contribution in [2.45, 2.75) is 26.2 Å². The van der Waals surface area contributed by atoms with Crippen LogP contribution in [0.3, 0.4) is 0 Å². The molecular formula is C14H16N2O2. The predicted octanol–water partition coefficient (Wildman–Crippen LogP) is 3.22. The number of nitrogens with zero attached hydrogens (tertiary/aromatic N) is 1. The maximum absolute atomic E-state index is 11.7. The monoisotopic (exact) mass is 244 g/mol. The van der Waals surface area contributed by atoms with Gasteiger partial charge in [-0.25, -0.2) is 4.98 Å². The highest BCUT2D eigenvalue weighted by Crippen LogP contribution is 2.23. The summed E-state index contributed by atoms with van der Waals surface area (Å²) < 4.78 is 4.92. The maximum Gasteiger partial charge on any atom is 0.293 e. The quantitative estimate of drug-likeness (QED) is 0.882. The number of oxazole rings is 1. The first kappa shape index (κ1) is 12.4. The Morgan fingerprint density at radius 2 is 1.89 bits per heavy atom. The summed E-state index contributed by atoms with van der Waals surface area (Å²) in [5, 5.41) is 2.75. The molecule has 0 saturated heterocycles. The summed E-state index contributed by atoms with van der Waals surface area (Å²) in [5.41, 5.74) is 2.07. The van der Waals surface area contributed by atoms with Crippen LogP contribution in [0.15, 0.2) is 41.3 Å². The SMILES string of the molecule is CC(C)(C)c1ccc(NC(=O)c2cnco2)cc1. The summed E-state index contributed by atoms with van der Waals surface area (Å²) in [5.74, 6) is -0.0918. The minimum Gasteiger partial charge on any atom is -0.438 e. The molecule has 18 heavy (non-hydrogen) atoms. The number of anilines is 1. The Morgan fingerprint density at radius 3 is 2.39 bits per heavy atom. The first-order chi connectivity index (χ1) is 8.47. The Balaban J connectivity index is 2.09. The summed E-state index contributed by atoms with van der Waals surface area (Å²) in [4.78, 5) is 15.4. The van der Waals surface area contributed by atoms with Gasteiger partial charge in [-0.15, -0.1) is 0 Å². The van der Waals surface area contributed by atoms with Crippen molar-refractivity contribution in [1.29, 1.82) is 0 Å². The van der Waals surface area contributed by atoms with E-state index in [0.29, 0.717) is 0 Å². The number of benzene rings is 1. The van der Waals surface area contributed by atoms with E-state index in [0.717, 1.165) is 5.69 Å². The molecule has 0 aliphatic rings. The minimum atomic E-state index is -0.295. The number of carbonyl (C=O) groups excluding carboxylic acids is 1. The second-order valence-electron chi connectivity index (χ2n) is 5.15. The zero-order chi connectivity index (χ0) is 13.2. The van der Waals surface area contributed by atoms with E-state index < -0.39 is 0 Å². The van der Waals surface area contributed by atoms with Crippen LogP contribution in [-0.4, -0.2) is 10.9 Å². The van der Waals surface area contributed by atoms with Crippen LogP contribution in [0.4, 0.5) is 5.69 Å². The van der Waals surface area contributed by atoms with Crippen molar-refractivity contribution in [2.75, 3.05) is 5.32 Å². The van der Waals surface area contributed by atoms with Crippen molar-refractivity contribution >= 4 is 11.6 Å². The zero-order valence-corrected chi connectivity index (χ0v) is 10.7. The largest absolute Gasteiger partial charge is 0.438 e. The lowest BCUT2D eigenvalue weighted by Crippen LogP contribution is -2.13. The molecule has 1 amide bonds. The second kappa shape index (κ2) is 4.64. The Hall–Kier alpha value is -2.10. The average Bonchev–Trinajstić information content (AvgIpc) is 2.82. The lowest BCUT2D eigenvalue weighted by Gasteiger charge is -2.19. The lowest BCUT2D eigenvalue weighted by atomic mass is 9.87. The summed E-state index contributed by atoms with van der Waals surface area (Å²) in [6, 6.07) is 7.79. The summed E-state index contributed by atoms with van der Waals surface area (Å²) in [6.45, 7) is 6.44. The van der Waals surface area contributed by atoms with Crippen molar-refractivity contribution in [1.82, 2.24) is 4.98 Å². The van der Waals surface area contributed by atoms with Crippen LogP contribution in [-0.2, 0) is 5.41 Å². The molecule has 0 aliphatic carbocycles. The van der Waals surface area contributed by atoms with Crippen LogP contribution in [0.2, 0.25) is 0 Å². The lowest BCUT2D eigenvalue weighted by molar-refractivity contribution is 0.0996. The number of hydrogen-bond acceptors (Lipinski definition) is 3. The van der Waals surface area contributed by atoms with E-state index in [4.69, 9.17) is 4.42 Å². The van der Waals surface area contributed by atoms with Gasteiger partial charge < -0.3 is 9.73 Å². The first-order valence-electron chi connectivity index (χ1n) is 5.77. The van der Waals surface area contributed by atoms with Gasteiger partial charge in [0.15, 0.2) is 6.39 Å². The van der Waals surface area contributed by atoms with Crippen LogP contribution in [0.1, 0.15) is 36.9 Å². The molecule has 2 aromatic rings. The smallest absolute Gasteiger partial charge is 0.293 e. The molecule has 0 bridgehead atoms. The molecule has 94 valence electrons. The normalized spacial score (nSPS) is 11.3. The van der Waals surface area contributed by atoms with Crippen molar-refractivity contribution in [3.05, 3.63) is 48.2 Å². The molecule has 0 saturated carbocycles. The maximum atomic E-state index is 11.7. The van der Waals surface area contributed by atoms with Gasteiger partial charge in [0.2, 0.25) is 5.76 Å². The molecule has 0 unspecified atom stereocenters. The molecule has 0 aliphatic heterocycles. The molecule has 0 spiro atoms. The molecule has 2 rings (SSSR count). The van der Waals surface area contributed by atoms with E-state index in [1.807, 2.05) is 24.3 Å². The van der Waals surface area contributed by atoms with Gasteiger partial charge in [-0.05, 0) is 23.1 Å². The third-order valence-corrected chi connectivity index (χ3v) is 2.66. The predicted molar refractivity (Wildman–Crippen MR) is 69.6 cm³/mol. The number of nitrogens with one attached hydrogen (secondary N) is 1. The van der Waals surface area contributed by atoms with E-state index in [9.17, 15) is 4.79 Å². The number of rotatable bonds is 2. The number of aromatic nitrogens is 1. The second-order valence-corrected chi connectivity index (χ2v) is 5.15. The van der Waals surface area contributed by atoms with Gasteiger partial charge in [0.1, 0.15) is 0 Å². The van der Waals surface area contributed by atoms with Crippen molar-refractivity contribution < 1.29 is 9.21 Å². The minimum absolute atomic E-state index is 0.105. The van der Waals surface area contributed by atoms with E-state index in [-0.39, 0.29) is 17.1 Å². The Bertz CT molecular complexity index is 522. The summed E-state index contributed by atoms with van der Waals surface area (Å²) in [7, 11) is 0. The molecule has 1 heterocycles. The molecule has 4 nitrogen and oxygen atoms in total. The van der Waals surface area contributed by atoms with E-state index in [1.165, 1.54) is 18.2 Å². The zero-order valence-electron chi connectivity index (χ0n) is 10.7. The Kier molecular flexibility index (Phi) is 3.19. The third-order valence-electron chi connectivity index (χ3n) is 2.66. The van der Waals surface area contributed by atoms with Gasteiger partial charge in [-0.1, -0.05) is 32.9 Å². The molecule has 1 N–H and O–H groups in total. The van der Waals surface area contributed by atoms with Crippen LogP contribution in [0, 0.1) is 0 Å². The molecule has 1 aromatic carbocycles. The summed E-state index contributed by atoms with van der Waals surface area (Å²) in [6.07, 6.45) is 2.62. The standard InChI is InChI=1S/C14H16N2O2/c1-14(2,3)10-4-6-11(7-5-10)16-13(17)12-8-15-9-18-12/h4-9H,1-3H3,(H,16,17). The van der Waals surface area contributed by atoms with Crippen molar-refractivity contribution in [3.63, 3.8) is 0 Å². The molecule has 4 heteroatoms. The Morgan fingerprint density at radius 1 is 1.22 bits per heavy atom. The highest BCUT2D eigenvalue weighted by molar-refractivity contribution is 6.01. The van der Waals surface area contributed by atoms with Crippen molar-refractivity contribution in [2.24, 2.45) is 0 Å². The first-order valence-corrected chi connectivity index (χ1v) is 5.77. The molecule has 0 fully saturated rings. The fourth-order valence-electron chi connectivity index (χ4n) is 1.57. The topological polar surface area (TPSA) is 55.1 Å². The number of hydrogen-bond donors (Lipinski definition) is 1. The van der Waals surface area contributed by atoms with E-state index in [2.05, 4.69) is 31.1 Å². The number of carbonyl (C=O) groups is 1. The van der Waals surface area contributed by atoms with Gasteiger partial charge in [0.25, 0.3) is 5.91 Å². The van der Waals surface area contributed by atoms with E-state index in [1.54, 1.807) is 0 Å². The van der Waals surface area contributed by atoms with Crippen molar-refractivity contribution in [3.8, 4) is 0 Å². The average molecular weight is 244 g/mol. The van der Waals surface area contributed by atoms with Crippen LogP contribution in [0.25, 0.3) is 0 Å². The number of amides is 1. The molecule has 0 atom stereocenters. The fraction of sp³-hybridized carbons (Fsp3) is 0.286. The van der Waals surface area contributed by atoms with E-state index >= 15 is 0 Å². The molecule has 0 radical (unpaired) electrons. The van der Waals surface area contributed by atoms with Gasteiger partial charge in [0, 0.05) is 5.69 Å².